The van der Waals surface area contributed by atoms with Crippen molar-refractivity contribution in [2.24, 2.45) is 0 Å². The highest BCUT2D eigenvalue weighted by atomic mass is 32.2. The number of anilines is 1. The molecule has 1 fully saturated rings. The molecule has 1 saturated heterocycles. The molecule has 4 rings (SSSR count). The first-order chi connectivity index (χ1) is 16.2. The molecule has 0 unspecified atom stereocenters. The molecule has 34 heavy (non-hydrogen) atoms. The van der Waals surface area contributed by atoms with Gasteiger partial charge in [0.15, 0.2) is 18.0 Å². The fourth-order valence-electron chi connectivity index (χ4n) is 3.66. The van der Waals surface area contributed by atoms with Crippen molar-refractivity contribution in [1.29, 1.82) is 0 Å². The van der Waals surface area contributed by atoms with E-state index in [-0.39, 0.29) is 24.2 Å². The van der Waals surface area contributed by atoms with Gasteiger partial charge in [-0.3, -0.25) is 5.32 Å². The van der Waals surface area contributed by atoms with E-state index < -0.39 is 17.7 Å². The summed E-state index contributed by atoms with van der Waals surface area (Å²) < 4.78 is 25.7. The number of halogens is 1. The number of amides is 3. The molecule has 0 atom stereocenters. The molecule has 3 amide bonds. The Balaban J connectivity index is 1.44. The molecule has 2 N–H and O–H groups in total. The van der Waals surface area contributed by atoms with Gasteiger partial charge in [0.1, 0.15) is 17.2 Å². The molecule has 0 bridgehead atoms. The molecule has 2 aromatic heterocycles. The highest BCUT2D eigenvalue weighted by Gasteiger charge is 2.34. The number of likely N-dealkylation sites (tertiary alicyclic amines) is 1. The minimum absolute atomic E-state index is 0.0206. The van der Waals surface area contributed by atoms with Gasteiger partial charge in [0.05, 0.1) is 13.2 Å². The van der Waals surface area contributed by atoms with Gasteiger partial charge in [0.2, 0.25) is 0 Å². The van der Waals surface area contributed by atoms with Crippen molar-refractivity contribution < 1.29 is 22.9 Å². The van der Waals surface area contributed by atoms with Crippen molar-refractivity contribution in [3.05, 3.63) is 42.6 Å². The van der Waals surface area contributed by atoms with Crippen molar-refractivity contribution in [2.45, 2.75) is 32.4 Å². The van der Waals surface area contributed by atoms with E-state index in [9.17, 15) is 13.5 Å². The van der Waals surface area contributed by atoms with Crippen LogP contribution in [0, 0.1) is 0 Å². The number of fused-ring (bicyclic) bond motifs is 1. The molecule has 1 aliphatic heterocycles. The maximum Gasteiger partial charge on any atom is 0.410 e. The molecule has 1 aliphatic rings. The number of hydrogen-bond acceptors (Lipinski definition) is 6. The highest BCUT2D eigenvalue weighted by molar-refractivity contribution is 7.92. The zero-order valence-corrected chi connectivity index (χ0v) is 20.1. The van der Waals surface area contributed by atoms with Crippen molar-refractivity contribution in [1.82, 2.24) is 19.2 Å². The summed E-state index contributed by atoms with van der Waals surface area (Å²) in [6, 6.07) is 10.2. The number of nitrogens with one attached hydrogen (secondary N) is 2. The second-order valence-electron chi connectivity index (χ2n) is 8.89. The summed E-state index contributed by atoms with van der Waals surface area (Å²) in [4.78, 5) is 30.4. The monoisotopic (exact) mass is 487 g/mol. The zero-order chi connectivity index (χ0) is 24.5. The predicted molar refractivity (Wildman–Crippen MR) is 130 cm³/mol. The molecule has 11 heteroatoms. The summed E-state index contributed by atoms with van der Waals surface area (Å²) in [5, 5.41) is 6.18. The van der Waals surface area contributed by atoms with Gasteiger partial charge >= 0.3 is 12.1 Å². The number of carbonyl (C=O) groups excluding carboxylic acids is 2. The van der Waals surface area contributed by atoms with Crippen LogP contribution in [0.1, 0.15) is 20.8 Å². The standard InChI is InChI=1S/C23H26FN5O4S/c1-23(2,3)33-22(31)28-11-14(12-28)25-21(30)27-19-10-9-16-17(13-29(34-24)20(16)26-19)15-7-5-6-8-18(15)32-4/h5-10,13-14H,11-12H2,1-4H3,(H2,25,26,27,30). The summed E-state index contributed by atoms with van der Waals surface area (Å²) >= 11 is 0.0206. The van der Waals surface area contributed by atoms with Crippen LogP contribution in [0.4, 0.5) is 19.3 Å². The molecule has 0 aliphatic carbocycles. The summed E-state index contributed by atoms with van der Waals surface area (Å²) in [5.74, 6) is 0.932. The van der Waals surface area contributed by atoms with E-state index in [1.54, 1.807) is 46.2 Å². The van der Waals surface area contributed by atoms with E-state index >= 15 is 0 Å². The molecule has 3 aromatic rings. The molecule has 1 aromatic carbocycles. The van der Waals surface area contributed by atoms with E-state index in [2.05, 4.69) is 15.6 Å². The number of hydrogen-bond donors (Lipinski definition) is 2. The van der Waals surface area contributed by atoms with Gasteiger partial charge in [-0.25, -0.2) is 18.5 Å². The summed E-state index contributed by atoms with van der Waals surface area (Å²) in [5.41, 5.74) is 1.37. The van der Waals surface area contributed by atoms with Crippen molar-refractivity contribution in [3.63, 3.8) is 0 Å². The van der Waals surface area contributed by atoms with E-state index in [0.717, 1.165) is 11.1 Å². The van der Waals surface area contributed by atoms with Gasteiger partial charge in [0.25, 0.3) is 0 Å². The average molecular weight is 488 g/mol. The van der Waals surface area contributed by atoms with Crippen LogP contribution in [0.3, 0.4) is 0 Å². The second kappa shape index (κ2) is 9.41. The minimum Gasteiger partial charge on any atom is -0.496 e. The lowest BCUT2D eigenvalue weighted by Gasteiger charge is -2.39. The lowest BCUT2D eigenvalue weighted by Crippen LogP contribution is -2.62. The number of carbonyl (C=O) groups is 2. The quantitative estimate of drug-likeness (QED) is 0.535. The summed E-state index contributed by atoms with van der Waals surface area (Å²) in [6.45, 7) is 6.12. The molecule has 3 heterocycles. The maximum absolute atomic E-state index is 13.7. The van der Waals surface area contributed by atoms with Crippen molar-refractivity contribution in [3.8, 4) is 16.9 Å². The fourth-order valence-corrected chi connectivity index (χ4v) is 4.01. The van der Waals surface area contributed by atoms with Gasteiger partial charge in [-0.15, -0.1) is 3.89 Å². The van der Waals surface area contributed by atoms with Crippen molar-refractivity contribution >= 4 is 41.3 Å². The lowest BCUT2D eigenvalue weighted by atomic mass is 10.0. The molecular weight excluding hydrogens is 461 g/mol. The Labute approximate surface area is 201 Å². The highest BCUT2D eigenvalue weighted by Crippen LogP contribution is 2.37. The molecule has 9 nitrogen and oxygen atoms in total. The first kappa shape index (κ1) is 23.7. The third-order valence-corrected chi connectivity index (χ3v) is 5.63. The first-order valence-corrected chi connectivity index (χ1v) is 11.4. The van der Waals surface area contributed by atoms with Gasteiger partial charge < -0.3 is 19.7 Å². The van der Waals surface area contributed by atoms with Crippen LogP contribution >= 0.6 is 12.3 Å². The van der Waals surface area contributed by atoms with E-state index in [1.165, 1.54) is 8.87 Å². The molecular formula is C23H26FN5O4S. The fraction of sp³-hybridized carbons (Fsp3) is 0.348. The Morgan fingerprint density at radius 1 is 1.15 bits per heavy atom. The Kier molecular flexibility index (Phi) is 6.56. The van der Waals surface area contributed by atoms with Crippen LogP contribution < -0.4 is 15.4 Å². The van der Waals surface area contributed by atoms with Crippen LogP contribution in [0.15, 0.2) is 42.6 Å². The number of para-hydroxylation sites is 1. The van der Waals surface area contributed by atoms with Gasteiger partial charge in [-0.1, -0.05) is 18.2 Å². The van der Waals surface area contributed by atoms with Crippen LogP contribution in [0.25, 0.3) is 22.2 Å². The number of pyridine rings is 1. The average Bonchev–Trinajstić information content (AvgIpc) is 3.12. The van der Waals surface area contributed by atoms with E-state index in [1.807, 2.05) is 24.3 Å². The maximum atomic E-state index is 13.7. The Bertz CT molecular complexity index is 1220. The van der Waals surface area contributed by atoms with Crippen LogP contribution in [-0.2, 0) is 4.74 Å². The van der Waals surface area contributed by atoms with Gasteiger partial charge in [0, 0.05) is 35.8 Å². The number of nitrogens with zero attached hydrogens (tertiary/aromatic N) is 3. The number of methoxy groups -OCH3 is 1. The largest absolute Gasteiger partial charge is 0.496 e. The van der Waals surface area contributed by atoms with E-state index in [0.29, 0.717) is 29.9 Å². The lowest BCUT2D eigenvalue weighted by molar-refractivity contribution is 0.00649. The number of aromatic nitrogens is 2. The van der Waals surface area contributed by atoms with Crippen LogP contribution in [-0.4, -0.2) is 57.8 Å². The third-order valence-electron chi connectivity index (χ3n) is 5.20. The number of rotatable bonds is 5. The molecule has 180 valence electrons. The van der Waals surface area contributed by atoms with Gasteiger partial charge in [-0.2, -0.15) is 0 Å². The molecule has 0 radical (unpaired) electrons. The number of urea groups is 1. The Morgan fingerprint density at radius 3 is 2.56 bits per heavy atom. The van der Waals surface area contributed by atoms with Crippen molar-refractivity contribution in [2.75, 3.05) is 25.5 Å². The zero-order valence-electron chi connectivity index (χ0n) is 19.3. The Hall–Kier alpha value is -3.47. The Morgan fingerprint density at radius 2 is 1.88 bits per heavy atom. The first-order valence-electron chi connectivity index (χ1n) is 10.7. The van der Waals surface area contributed by atoms with Gasteiger partial charge in [-0.05, 0) is 39.0 Å². The topological polar surface area (TPSA) is 97.7 Å². The third kappa shape index (κ3) is 5.04. The number of ether oxygens (including phenoxy) is 2. The summed E-state index contributed by atoms with van der Waals surface area (Å²) in [7, 11) is 1.58. The summed E-state index contributed by atoms with van der Waals surface area (Å²) in [6.07, 6.45) is 1.23. The number of benzene rings is 1. The SMILES string of the molecule is COc1ccccc1-c1cn(SF)c2nc(NC(=O)NC3CN(C(=O)OC(C)(C)C)C3)ccc12. The van der Waals surface area contributed by atoms with E-state index in [4.69, 9.17) is 9.47 Å². The predicted octanol–water partition coefficient (Wildman–Crippen LogP) is 4.83. The minimum atomic E-state index is -0.571. The normalized spacial score (nSPS) is 14.0. The molecule has 0 saturated carbocycles. The smallest absolute Gasteiger partial charge is 0.410 e. The van der Waals surface area contributed by atoms with Crippen LogP contribution in [0.5, 0.6) is 5.75 Å². The molecule has 0 spiro atoms. The second-order valence-corrected chi connectivity index (χ2v) is 9.42. The van der Waals surface area contributed by atoms with Crippen LogP contribution in [0.2, 0.25) is 0 Å².